The highest BCUT2D eigenvalue weighted by Crippen LogP contribution is 2.39. The van der Waals surface area contributed by atoms with Crippen molar-refractivity contribution in [3.05, 3.63) is 58.9 Å². The molecule has 0 spiro atoms. The highest BCUT2D eigenvalue weighted by molar-refractivity contribution is 5.68. The topological polar surface area (TPSA) is 40.5 Å². The lowest BCUT2D eigenvalue weighted by molar-refractivity contribution is 0.144. The Bertz CT molecular complexity index is 835. The van der Waals surface area contributed by atoms with Crippen molar-refractivity contribution in [2.75, 3.05) is 13.2 Å². The molecule has 3 heteroatoms. The third-order valence-electron chi connectivity index (χ3n) is 7.47. The van der Waals surface area contributed by atoms with E-state index in [1.165, 1.54) is 51.4 Å². The molecule has 0 amide bonds. The highest BCUT2D eigenvalue weighted by atomic mass is 19.1. The molecule has 2 N–H and O–H groups in total. The summed E-state index contributed by atoms with van der Waals surface area (Å²) in [4.78, 5) is 0. The Morgan fingerprint density at radius 3 is 2.28 bits per heavy atom. The minimum atomic E-state index is -0.121. The second kappa shape index (κ2) is 12.5. The zero-order valence-corrected chi connectivity index (χ0v) is 20.0. The van der Waals surface area contributed by atoms with Crippen LogP contribution in [0.15, 0.2) is 36.4 Å². The lowest BCUT2D eigenvalue weighted by Crippen LogP contribution is -2.13. The lowest BCUT2D eigenvalue weighted by atomic mass is 9.77. The van der Waals surface area contributed by atoms with Gasteiger partial charge in [-0.05, 0) is 85.6 Å². The van der Waals surface area contributed by atoms with E-state index in [-0.39, 0.29) is 24.9 Å². The summed E-state index contributed by atoms with van der Waals surface area (Å²) in [5, 5.41) is 18.5. The molecule has 0 saturated heterocycles. The Hall–Kier alpha value is -1.71. The highest BCUT2D eigenvalue weighted by Gasteiger charge is 2.23. The summed E-state index contributed by atoms with van der Waals surface area (Å²) >= 11 is 0. The van der Waals surface area contributed by atoms with Gasteiger partial charge in [0.2, 0.25) is 0 Å². The van der Waals surface area contributed by atoms with Crippen molar-refractivity contribution in [2.45, 2.75) is 84.0 Å². The molecule has 0 bridgehead atoms. The van der Waals surface area contributed by atoms with Crippen LogP contribution in [0, 0.1) is 24.6 Å². The second-order valence-electron chi connectivity index (χ2n) is 9.87. The van der Waals surface area contributed by atoms with Gasteiger partial charge in [0, 0.05) is 24.7 Å². The van der Waals surface area contributed by atoms with Gasteiger partial charge in [-0.15, -0.1) is 0 Å². The van der Waals surface area contributed by atoms with Crippen molar-refractivity contribution < 1.29 is 14.6 Å². The number of aryl methyl sites for hydroxylation is 2. The molecule has 0 aliphatic heterocycles. The molecule has 2 nitrogen and oxygen atoms in total. The van der Waals surface area contributed by atoms with Crippen LogP contribution in [0.3, 0.4) is 0 Å². The number of halogens is 1. The van der Waals surface area contributed by atoms with E-state index in [1.807, 2.05) is 25.1 Å². The van der Waals surface area contributed by atoms with Crippen LogP contribution in [-0.4, -0.2) is 23.4 Å². The average molecular weight is 441 g/mol. The van der Waals surface area contributed by atoms with Crippen molar-refractivity contribution in [1.82, 2.24) is 0 Å². The molecule has 1 fully saturated rings. The van der Waals surface area contributed by atoms with Crippen LogP contribution in [0.25, 0.3) is 11.1 Å². The quantitative estimate of drug-likeness (QED) is 0.363. The fourth-order valence-corrected chi connectivity index (χ4v) is 5.27. The van der Waals surface area contributed by atoms with E-state index in [0.717, 1.165) is 41.0 Å². The number of hydrogen-bond donors (Lipinski definition) is 2. The third kappa shape index (κ3) is 6.65. The summed E-state index contributed by atoms with van der Waals surface area (Å²) in [5.41, 5.74) is 5.00. The van der Waals surface area contributed by atoms with Crippen LogP contribution >= 0.6 is 0 Å². The molecule has 2 aromatic rings. The molecule has 0 atom stereocenters. The van der Waals surface area contributed by atoms with E-state index in [0.29, 0.717) is 11.5 Å². The van der Waals surface area contributed by atoms with Crippen LogP contribution in [0.2, 0.25) is 0 Å². The van der Waals surface area contributed by atoms with Crippen LogP contribution in [-0.2, 0) is 6.42 Å². The van der Waals surface area contributed by atoms with Gasteiger partial charge in [-0.3, -0.25) is 0 Å². The van der Waals surface area contributed by atoms with E-state index in [2.05, 4.69) is 19.1 Å². The number of aliphatic hydroxyl groups excluding tert-OH is 2. The van der Waals surface area contributed by atoms with Gasteiger partial charge in [0.15, 0.2) is 0 Å². The van der Waals surface area contributed by atoms with E-state index < -0.39 is 0 Å². The molecule has 32 heavy (non-hydrogen) atoms. The Labute approximate surface area is 193 Å². The number of rotatable bonds is 11. The summed E-state index contributed by atoms with van der Waals surface area (Å²) in [7, 11) is 0. The van der Waals surface area contributed by atoms with Gasteiger partial charge < -0.3 is 10.2 Å². The summed E-state index contributed by atoms with van der Waals surface area (Å²) in [6, 6.07) is 12.0. The second-order valence-corrected chi connectivity index (χ2v) is 9.87. The van der Waals surface area contributed by atoms with Gasteiger partial charge >= 0.3 is 0 Å². The molecule has 3 rings (SSSR count). The fraction of sp³-hybridized carbons (Fsp3) is 0.586. The Kier molecular flexibility index (Phi) is 9.74. The summed E-state index contributed by atoms with van der Waals surface area (Å²) in [6.07, 6.45) is 11.8. The monoisotopic (exact) mass is 440 g/mol. The molecule has 1 aliphatic carbocycles. The van der Waals surface area contributed by atoms with Gasteiger partial charge in [-0.2, -0.15) is 0 Å². The molecule has 1 saturated carbocycles. The number of hydrogen-bond acceptors (Lipinski definition) is 2. The van der Waals surface area contributed by atoms with Gasteiger partial charge in [-0.1, -0.05) is 62.9 Å². The predicted molar refractivity (Wildman–Crippen MR) is 131 cm³/mol. The van der Waals surface area contributed by atoms with Crippen LogP contribution in [0.4, 0.5) is 4.39 Å². The zero-order valence-electron chi connectivity index (χ0n) is 20.0. The lowest BCUT2D eigenvalue weighted by Gasteiger charge is -2.29. The first kappa shape index (κ1) is 24.9. The number of aliphatic hydroxyl groups is 2. The normalized spacial score (nSPS) is 18.9. The minimum absolute atomic E-state index is 0.00559. The van der Waals surface area contributed by atoms with E-state index in [9.17, 15) is 10.2 Å². The van der Waals surface area contributed by atoms with Crippen molar-refractivity contribution in [3.63, 3.8) is 0 Å². The molecule has 0 unspecified atom stereocenters. The SMILES string of the molecule is CCCCCC1CCC(c2ccc(-c3ccc(CCC(CO)CO)cc3C)c(F)c2)CC1. The first-order valence-corrected chi connectivity index (χ1v) is 12.7. The van der Waals surface area contributed by atoms with Gasteiger partial charge in [0.1, 0.15) is 5.82 Å². The Balaban J connectivity index is 1.63. The zero-order chi connectivity index (χ0) is 22.9. The fourth-order valence-electron chi connectivity index (χ4n) is 5.27. The molecule has 0 heterocycles. The molecule has 1 aliphatic rings. The standard InChI is InChI=1S/C29H41FO2/c1-3-4-5-6-22-9-12-25(13-10-22)26-14-16-28(29(30)18-26)27-15-11-23(17-21(27)2)7-8-24(19-31)20-32/h11,14-18,22,24-25,31-32H,3-10,12-13,19-20H2,1-2H3. The van der Waals surface area contributed by atoms with E-state index >= 15 is 4.39 Å². The first-order valence-electron chi connectivity index (χ1n) is 12.7. The molecule has 176 valence electrons. The minimum Gasteiger partial charge on any atom is -0.396 e. The number of unbranched alkanes of at least 4 members (excludes halogenated alkanes) is 2. The smallest absolute Gasteiger partial charge is 0.131 e. The summed E-state index contributed by atoms with van der Waals surface area (Å²) < 4.78 is 15.1. The van der Waals surface area contributed by atoms with Crippen molar-refractivity contribution in [1.29, 1.82) is 0 Å². The van der Waals surface area contributed by atoms with Crippen molar-refractivity contribution in [3.8, 4) is 11.1 Å². The Morgan fingerprint density at radius 2 is 1.66 bits per heavy atom. The molecule has 0 aromatic heterocycles. The van der Waals surface area contributed by atoms with Crippen molar-refractivity contribution in [2.24, 2.45) is 11.8 Å². The predicted octanol–water partition coefficient (Wildman–Crippen LogP) is 7.19. The first-order chi connectivity index (χ1) is 15.5. The number of benzene rings is 2. The van der Waals surface area contributed by atoms with Crippen molar-refractivity contribution >= 4 is 0 Å². The Morgan fingerprint density at radius 1 is 0.938 bits per heavy atom. The summed E-state index contributed by atoms with van der Waals surface area (Å²) in [6.45, 7) is 4.30. The third-order valence-corrected chi connectivity index (χ3v) is 7.47. The van der Waals surface area contributed by atoms with E-state index in [1.54, 1.807) is 6.07 Å². The van der Waals surface area contributed by atoms with Gasteiger partial charge in [0.05, 0.1) is 0 Å². The van der Waals surface area contributed by atoms with E-state index in [4.69, 9.17) is 0 Å². The maximum atomic E-state index is 15.1. The van der Waals surface area contributed by atoms with Crippen LogP contribution in [0.5, 0.6) is 0 Å². The maximum absolute atomic E-state index is 15.1. The van der Waals surface area contributed by atoms with Crippen LogP contribution < -0.4 is 0 Å². The molecular weight excluding hydrogens is 399 g/mol. The average Bonchev–Trinajstić information content (AvgIpc) is 2.81. The maximum Gasteiger partial charge on any atom is 0.131 e. The molecule has 0 radical (unpaired) electrons. The van der Waals surface area contributed by atoms with Crippen LogP contribution in [0.1, 0.15) is 87.3 Å². The molecule has 2 aromatic carbocycles. The summed E-state index contributed by atoms with van der Waals surface area (Å²) in [5.74, 6) is 1.17. The largest absolute Gasteiger partial charge is 0.396 e. The van der Waals surface area contributed by atoms with Gasteiger partial charge in [-0.25, -0.2) is 4.39 Å². The van der Waals surface area contributed by atoms with Gasteiger partial charge in [0.25, 0.3) is 0 Å². The molecular formula is C29H41FO2.